The van der Waals surface area contributed by atoms with Crippen LogP contribution in [0.5, 0.6) is 0 Å². The number of rotatable bonds is 3. The van der Waals surface area contributed by atoms with Gasteiger partial charge in [0.25, 0.3) is 0 Å². The highest BCUT2D eigenvalue weighted by Crippen LogP contribution is 2.40. The molecule has 2 heterocycles. The molecular weight excluding hydrogens is 330 g/mol. The number of likely N-dealkylation sites (tertiary alicyclic amines) is 1. The molecule has 6 heteroatoms. The third-order valence-electron chi connectivity index (χ3n) is 5.47. The molecule has 1 aromatic carbocycles. The molecule has 0 aliphatic carbocycles. The van der Waals surface area contributed by atoms with Crippen molar-refractivity contribution in [2.75, 3.05) is 19.8 Å². The van der Waals surface area contributed by atoms with Crippen molar-refractivity contribution in [3.63, 3.8) is 0 Å². The van der Waals surface area contributed by atoms with Gasteiger partial charge in [0.05, 0.1) is 11.3 Å². The van der Waals surface area contributed by atoms with Crippen LogP contribution >= 0.6 is 11.6 Å². The van der Waals surface area contributed by atoms with Crippen LogP contribution in [0.3, 0.4) is 0 Å². The molecule has 0 radical (unpaired) electrons. The van der Waals surface area contributed by atoms with Gasteiger partial charge in [-0.2, -0.15) is 0 Å². The predicted octanol–water partition coefficient (Wildman–Crippen LogP) is 2.71. The maximum Gasteiger partial charge on any atom is 0.308 e. The zero-order valence-corrected chi connectivity index (χ0v) is 14.5. The van der Waals surface area contributed by atoms with Crippen molar-refractivity contribution in [1.82, 2.24) is 4.90 Å². The highest BCUT2D eigenvalue weighted by molar-refractivity contribution is 6.30. The number of halogens is 1. The largest absolute Gasteiger partial charge is 0.481 e. The van der Waals surface area contributed by atoms with E-state index in [1.807, 2.05) is 25.1 Å². The first-order valence-electron chi connectivity index (χ1n) is 8.33. The van der Waals surface area contributed by atoms with Crippen LogP contribution in [0.1, 0.15) is 31.7 Å². The molecule has 24 heavy (non-hydrogen) atoms. The van der Waals surface area contributed by atoms with E-state index in [4.69, 9.17) is 16.3 Å². The first-order chi connectivity index (χ1) is 11.5. The van der Waals surface area contributed by atoms with Crippen LogP contribution in [-0.2, 0) is 19.7 Å². The minimum atomic E-state index is -0.832. The molecule has 2 saturated heterocycles. The van der Waals surface area contributed by atoms with Crippen molar-refractivity contribution in [2.45, 2.75) is 37.6 Å². The van der Waals surface area contributed by atoms with Gasteiger partial charge in [0.1, 0.15) is 0 Å². The molecule has 1 aromatic rings. The minimum Gasteiger partial charge on any atom is -0.481 e. The van der Waals surface area contributed by atoms with Crippen molar-refractivity contribution in [1.29, 1.82) is 0 Å². The molecule has 3 rings (SSSR count). The molecule has 2 aliphatic rings. The quantitative estimate of drug-likeness (QED) is 0.909. The molecule has 0 aromatic heterocycles. The van der Waals surface area contributed by atoms with Gasteiger partial charge in [0.15, 0.2) is 0 Å². The van der Waals surface area contributed by atoms with Crippen LogP contribution in [0.15, 0.2) is 24.3 Å². The summed E-state index contributed by atoms with van der Waals surface area (Å²) in [7, 11) is 0. The number of carboxylic acids is 1. The Balaban J connectivity index is 1.95. The Hall–Kier alpha value is -1.59. The summed E-state index contributed by atoms with van der Waals surface area (Å²) in [6, 6.07) is 7.14. The highest BCUT2D eigenvalue weighted by atomic mass is 35.5. The van der Waals surface area contributed by atoms with E-state index >= 15 is 0 Å². The molecule has 2 unspecified atom stereocenters. The summed E-state index contributed by atoms with van der Waals surface area (Å²) < 4.78 is 5.48. The maximum absolute atomic E-state index is 13.4. The predicted molar refractivity (Wildman–Crippen MR) is 90.1 cm³/mol. The molecule has 1 N–H and O–H groups in total. The highest BCUT2D eigenvalue weighted by Gasteiger charge is 2.48. The van der Waals surface area contributed by atoms with Gasteiger partial charge in [-0.05, 0) is 43.9 Å². The summed E-state index contributed by atoms with van der Waals surface area (Å²) in [6.07, 6.45) is 1.69. The first kappa shape index (κ1) is 17.2. The van der Waals surface area contributed by atoms with Gasteiger partial charge in [0.2, 0.25) is 5.91 Å². The van der Waals surface area contributed by atoms with E-state index in [0.29, 0.717) is 44.0 Å². The van der Waals surface area contributed by atoms with E-state index in [1.165, 1.54) is 0 Å². The van der Waals surface area contributed by atoms with Crippen LogP contribution < -0.4 is 0 Å². The van der Waals surface area contributed by atoms with Crippen molar-refractivity contribution < 1.29 is 19.4 Å². The molecule has 0 saturated carbocycles. The van der Waals surface area contributed by atoms with Gasteiger partial charge in [0, 0.05) is 30.8 Å². The fourth-order valence-corrected chi connectivity index (χ4v) is 4.15. The summed E-state index contributed by atoms with van der Waals surface area (Å²) in [6.45, 7) is 3.35. The van der Waals surface area contributed by atoms with Crippen LogP contribution in [0.2, 0.25) is 5.02 Å². The second-order valence-corrected chi connectivity index (χ2v) is 7.11. The molecule has 130 valence electrons. The number of hydrogen-bond acceptors (Lipinski definition) is 3. The lowest BCUT2D eigenvalue weighted by Gasteiger charge is -2.40. The number of hydrogen-bond donors (Lipinski definition) is 1. The number of carboxylic acid groups (broad SMARTS) is 1. The molecule has 1 amide bonds. The molecule has 0 spiro atoms. The third-order valence-corrected chi connectivity index (χ3v) is 5.70. The van der Waals surface area contributed by atoms with Crippen LogP contribution in [0.4, 0.5) is 0 Å². The Labute approximate surface area is 146 Å². The first-order valence-corrected chi connectivity index (χ1v) is 8.71. The maximum atomic E-state index is 13.4. The molecule has 5 nitrogen and oxygen atoms in total. The summed E-state index contributed by atoms with van der Waals surface area (Å²) in [5, 5.41) is 9.94. The Morgan fingerprint density at radius 2 is 2.04 bits per heavy atom. The van der Waals surface area contributed by atoms with Crippen molar-refractivity contribution in [3.8, 4) is 0 Å². The SMILES string of the molecule is CC1C(C(=O)O)CCN1C(=O)C1(c2cccc(Cl)c2)CCOCC1. The minimum absolute atomic E-state index is 0.00400. The number of carbonyl (C=O) groups excluding carboxylic acids is 1. The van der Waals surface area contributed by atoms with Gasteiger partial charge < -0.3 is 14.7 Å². The summed E-state index contributed by atoms with van der Waals surface area (Å²) in [5.41, 5.74) is 0.222. The number of aliphatic carboxylic acids is 1. The summed E-state index contributed by atoms with van der Waals surface area (Å²) >= 11 is 6.15. The molecule has 2 fully saturated rings. The average Bonchev–Trinajstić information content (AvgIpc) is 2.96. The van der Waals surface area contributed by atoms with Crippen molar-refractivity contribution in [2.24, 2.45) is 5.92 Å². The topological polar surface area (TPSA) is 66.8 Å². The van der Waals surface area contributed by atoms with E-state index in [0.717, 1.165) is 5.56 Å². The van der Waals surface area contributed by atoms with E-state index < -0.39 is 17.3 Å². The van der Waals surface area contributed by atoms with Crippen LogP contribution in [0.25, 0.3) is 0 Å². The average molecular weight is 352 g/mol. The van der Waals surface area contributed by atoms with Crippen molar-refractivity contribution in [3.05, 3.63) is 34.9 Å². The van der Waals surface area contributed by atoms with E-state index in [2.05, 4.69) is 0 Å². The number of carbonyl (C=O) groups is 2. The monoisotopic (exact) mass is 351 g/mol. The van der Waals surface area contributed by atoms with Gasteiger partial charge >= 0.3 is 5.97 Å². The number of benzene rings is 1. The van der Waals surface area contributed by atoms with Crippen LogP contribution in [-0.4, -0.2) is 47.7 Å². The lowest BCUT2D eigenvalue weighted by atomic mass is 9.73. The second kappa shape index (κ2) is 6.73. The molecular formula is C18H22ClNO4. The zero-order valence-electron chi connectivity index (χ0n) is 13.7. The number of nitrogens with zero attached hydrogens (tertiary/aromatic N) is 1. The van der Waals surface area contributed by atoms with Crippen molar-refractivity contribution >= 4 is 23.5 Å². The van der Waals surface area contributed by atoms with Gasteiger partial charge in [-0.25, -0.2) is 0 Å². The zero-order chi connectivity index (χ0) is 17.3. The molecule has 2 atom stereocenters. The Morgan fingerprint density at radius 3 is 2.62 bits per heavy atom. The Morgan fingerprint density at radius 1 is 1.33 bits per heavy atom. The molecule has 0 bridgehead atoms. The van der Waals surface area contributed by atoms with E-state index in [1.54, 1.807) is 11.0 Å². The smallest absolute Gasteiger partial charge is 0.308 e. The normalized spacial score (nSPS) is 26.3. The van der Waals surface area contributed by atoms with E-state index in [-0.39, 0.29) is 11.9 Å². The Bertz CT molecular complexity index is 642. The fraction of sp³-hybridized carbons (Fsp3) is 0.556. The lowest BCUT2D eigenvalue weighted by Crippen LogP contribution is -2.51. The van der Waals surface area contributed by atoms with Gasteiger partial charge in [-0.1, -0.05) is 23.7 Å². The third kappa shape index (κ3) is 2.91. The van der Waals surface area contributed by atoms with Crippen LogP contribution in [0, 0.1) is 5.92 Å². The standard InChI is InChI=1S/C18H22ClNO4/c1-12-15(16(21)22)5-8-20(12)17(23)18(6-9-24-10-7-18)13-3-2-4-14(19)11-13/h2-4,11-12,15H,5-10H2,1H3,(H,21,22). The number of amides is 1. The van der Waals surface area contributed by atoms with Gasteiger partial charge in [-0.15, -0.1) is 0 Å². The van der Waals surface area contributed by atoms with Gasteiger partial charge in [-0.3, -0.25) is 9.59 Å². The summed E-state index contributed by atoms with van der Waals surface area (Å²) in [4.78, 5) is 26.6. The lowest BCUT2D eigenvalue weighted by molar-refractivity contribution is -0.145. The Kier molecular flexibility index (Phi) is 4.83. The second-order valence-electron chi connectivity index (χ2n) is 6.68. The fourth-order valence-electron chi connectivity index (χ4n) is 3.96. The molecule has 2 aliphatic heterocycles. The number of ether oxygens (including phenoxy) is 1. The summed E-state index contributed by atoms with van der Waals surface area (Å²) in [5.74, 6) is -1.32. The van der Waals surface area contributed by atoms with E-state index in [9.17, 15) is 14.7 Å².